The molecule has 0 saturated heterocycles. The summed E-state index contributed by atoms with van der Waals surface area (Å²) in [5.41, 5.74) is 0.841. The predicted octanol–water partition coefficient (Wildman–Crippen LogP) is 1.46. The average molecular weight is 605 g/mol. The number of hydrogen-bond donors (Lipinski definition) is 0. The first-order valence-corrected chi connectivity index (χ1v) is 13.2. The predicted molar refractivity (Wildman–Crippen MR) is 154 cm³/mol. The number of rotatable bonds is 3. The zero-order chi connectivity index (χ0) is 32.7. The fourth-order valence-corrected chi connectivity index (χ4v) is 4.67. The molecule has 15 heteroatoms. The molecule has 0 atom stereocenters. The summed E-state index contributed by atoms with van der Waals surface area (Å²) in [6, 6.07) is 24.2. The number of para-hydroxylation sites is 2. The number of nitriles is 6. The van der Waals surface area contributed by atoms with Gasteiger partial charge in [0.05, 0.1) is 43.7 Å². The molecule has 0 fully saturated rings. The van der Waals surface area contributed by atoms with E-state index in [1.807, 2.05) is 36.4 Å². The maximum Gasteiger partial charge on any atom is 0.266 e. The summed E-state index contributed by atoms with van der Waals surface area (Å²) >= 11 is 0. The van der Waals surface area contributed by atoms with Crippen molar-refractivity contribution in [3.63, 3.8) is 0 Å². The molecular weight excluding hydrogens is 596 g/mol. The number of hydrogen-bond acceptors (Lipinski definition) is 15. The van der Waals surface area contributed by atoms with Crippen molar-refractivity contribution in [2.75, 3.05) is 0 Å². The highest BCUT2D eigenvalue weighted by molar-refractivity contribution is 5.80. The summed E-state index contributed by atoms with van der Waals surface area (Å²) in [4.78, 5) is 35.2. The van der Waals surface area contributed by atoms with E-state index in [1.165, 1.54) is 24.3 Å². The largest absolute Gasteiger partial charge is 0.434 e. The van der Waals surface area contributed by atoms with Gasteiger partial charge in [0.25, 0.3) is 5.89 Å². The molecule has 4 heterocycles. The van der Waals surface area contributed by atoms with Crippen LogP contribution in [0.25, 0.3) is 34.0 Å². The number of oxazole rings is 1. The third kappa shape index (κ3) is 4.57. The van der Waals surface area contributed by atoms with Crippen molar-refractivity contribution in [3.05, 3.63) is 116 Å². The van der Waals surface area contributed by atoms with Crippen LogP contribution in [0.3, 0.4) is 0 Å². The summed E-state index contributed by atoms with van der Waals surface area (Å²) in [6.45, 7) is 0. The highest BCUT2D eigenvalue weighted by Crippen LogP contribution is 2.27. The molecule has 0 aliphatic carbocycles. The Morgan fingerprint density at radius 2 is 0.957 bits per heavy atom. The molecule has 2 aromatic heterocycles. The van der Waals surface area contributed by atoms with E-state index in [2.05, 4.69) is 39.9 Å². The van der Waals surface area contributed by atoms with Gasteiger partial charge in [-0.15, -0.1) is 0 Å². The Hall–Kier alpha value is -8.24. The van der Waals surface area contributed by atoms with Gasteiger partial charge < -0.3 is 4.42 Å². The SMILES string of the molecule is N#CC(=C1N=c2cc(C#N)c(C#N)cc2=N1)c1nc(C(C#N)=C2N=c3cc(C#N)c(C#N)cc3=N2)nc(-c2nc3ccccc3o2)n1. The first-order chi connectivity index (χ1) is 23.0. The summed E-state index contributed by atoms with van der Waals surface area (Å²) in [7, 11) is 0. The molecule has 0 saturated carbocycles. The molecule has 5 aromatic rings. The number of fused-ring (bicyclic) bond motifs is 3. The van der Waals surface area contributed by atoms with E-state index in [0.29, 0.717) is 11.1 Å². The minimum atomic E-state index is -0.242. The first kappa shape index (κ1) is 27.6. The number of allylic oxidation sites excluding steroid dienone is 2. The van der Waals surface area contributed by atoms with Crippen LogP contribution in [-0.2, 0) is 0 Å². The Morgan fingerprint density at radius 3 is 1.34 bits per heavy atom. The Balaban J connectivity index is 1.48. The molecule has 7 rings (SSSR count). The first-order valence-electron chi connectivity index (χ1n) is 13.2. The fourth-order valence-electron chi connectivity index (χ4n) is 4.67. The third-order valence-corrected chi connectivity index (χ3v) is 6.86. The van der Waals surface area contributed by atoms with Gasteiger partial charge in [-0.3, -0.25) is 0 Å². The van der Waals surface area contributed by atoms with Gasteiger partial charge in [0.15, 0.2) is 28.9 Å². The third-order valence-electron chi connectivity index (χ3n) is 6.86. The lowest BCUT2D eigenvalue weighted by Gasteiger charge is -2.05. The maximum absolute atomic E-state index is 10.3. The molecule has 3 aromatic carbocycles. The summed E-state index contributed by atoms with van der Waals surface area (Å²) in [5, 5.41) is 59.3. The van der Waals surface area contributed by atoms with Gasteiger partial charge in [0.2, 0.25) is 5.82 Å². The van der Waals surface area contributed by atoms with Crippen molar-refractivity contribution < 1.29 is 4.42 Å². The van der Waals surface area contributed by atoms with Crippen LogP contribution in [0.1, 0.15) is 33.9 Å². The number of aromatic nitrogens is 4. The van der Waals surface area contributed by atoms with Gasteiger partial charge in [-0.05, 0) is 36.4 Å². The monoisotopic (exact) mass is 604 g/mol. The quantitative estimate of drug-likeness (QED) is 0.266. The van der Waals surface area contributed by atoms with Gasteiger partial charge in [-0.25, -0.2) is 39.9 Å². The van der Waals surface area contributed by atoms with Crippen molar-refractivity contribution in [2.45, 2.75) is 0 Å². The Morgan fingerprint density at radius 1 is 0.532 bits per heavy atom. The lowest BCUT2D eigenvalue weighted by Crippen LogP contribution is -2.22. The van der Waals surface area contributed by atoms with Crippen LogP contribution >= 0.6 is 0 Å². The zero-order valence-electron chi connectivity index (χ0n) is 23.3. The lowest BCUT2D eigenvalue weighted by atomic mass is 10.1. The van der Waals surface area contributed by atoms with Gasteiger partial charge >= 0.3 is 0 Å². The number of nitrogens with zero attached hydrogens (tertiary/aromatic N) is 14. The van der Waals surface area contributed by atoms with Gasteiger partial charge in [0, 0.05) is 0 Å². The molecule has 2 aliphatic heterocycles. The van der Waals surface area contributed by atoms with Crippen molar-refractivity contribution >= 4 is 22.2 Å². The summed E-state index contributed by atoms with van der Waals surface area (Å²) in [5.74, 6) is -0.872. The molecule has 0 spiro atoms. The molecule has 212 valence electrons. The highest BCUT2D eigenvalue weighted by atomic mass is 16.3. The standard InChI is InChI=1S/C32H8N14O/c33-9-15-5-22-23(6-16(15)10-34)40-27(39-22)19(13-37)29-44-30(46-31(45-29)32-43-21-3-1-2-4-26(21)47-32)20(14-38)28-41-24-7-17(11-35)18(12-36)8-25(24)42-28/h1-8H. The average Bonchev–Trinajstić information content (AvgIpc) is 3.83. The van der Waals surface area contributed by atoms with E-state index in [9.17, 15) is 31.6 Å². The smallest absolute Gasteiger partial charge is 0.266 e. The fraction of sp³-hybridized carbons (Fsp3) is 0. The molecule has 0 amide bonds. The van der Waals surface area contributed by atoms with E-state index < -0.39 is 0 Å². The van der Waals surface area contributed by atoms with E-state index in [1.54, 1.807) is 24.3 Å². The van der Waals surface area contributed by atoms with Crippen LogP contribution in [0.4, 0.5) is 0 Å². The Labute approximate surface area is 261 Å². The number of benzene rings is 3. The summed E-state index contributed by atoms with van der Waals surface area (Å²) in [6.07, 6.45) is 0. The molecule has 0 N–H and O–H groups in total. The lowest BCUT2D eigenvalue weighted by molar-refractivity contribution is 0.611. The normalized spacial score (nSPS) is 11.9. The molecular formula is C32H8N14O. The molecule has 2 aliphatic rings. The van der Waals surface area contributed by atoms with Crippen molar-refractivity contribution in [3.8, 4) is 48.1 Å². The minimum absolute atomic E-state index is 0.0394. The van der Waals surface area contributed by atoms with Gasteiger partial charge in [-0.2, -0.15) is 31.6 Å². The maximum atomic E-state index is 10.3. The van der Waals surface area contributed by atoms with E-state index in [4.69, 9.17) is 4.42 Å². The Bertz CT molecular complexity index is 2570. The Kier molecular flexibility index (Phi) is 6.33. The molecule has 0 unspecified atom stereocenters. The second-order valence-electron chi connectivity index (χ2n) is 9.58. The van der Waals surface area contributed by atoms with Crippen molar-refractivity contribution in [1.82, 2.24) is 19.9 Å². The summed E-state index contributed by atoms with van der Waals surface area (Å²) < 4.78 is 5.87. The van der Waals surface area contributed by atoms with Crippen molar-refractivity contribution in [1.29, 1.82) is 31.6 Å². The van der Waals surface area contributed by atoms with E-state index >= 15 is 0 Å². The topological polar surface area (TPSA) is 257 Å². The van der Waals surface area contributed by atoms with Crippen LogP contribution in [0.15, 0.2) is 84.6 Å². The van der Waals surface area contributed by atoms with Crippen LogP contribution in [-0.4, -0.2) is 19.9 Å². The molecule has 0 radical (unpaired) electrons. The van der Waals surface area contributed by atoms with Crippen LogP contribution in [0.5, 0.6) is 0 Å². The minimum Gasteiger partial charge on any atom is -0.434 e. The van der Waals surface area contributed by atoms with E-state index in [-0.39, 0.29) is 89.8 Å². The van der Waals surface area contributed by atoms with Crippen LogP contribution in [0.2, 0.25) is 0 Å². The molecule has 15 nitrogen and oxygen atoms in total. The van der Waals surface area contributed by atoms with Gasteiger partial charge in [-0.1, -0.05) is 12.1 Å². The van der Waals surface area contributed by atoms with Gasteiger partial charge in [0.1, 0.15) is 53.1 Å². The van der Waals surface area contributed by atoms with Crippen LogP contribution < -0.4 is 21.4 Å². The zero-order valence-corrected chi connectivity index (χ0v) is 23.3. The molecule has 0 bridgehead atoms. The van der Waals surface area contributed by atoms with Crippen molar-refractivity contribution in [2.24, 2.45) is 20.0 Å². The molecule has 47 heavy (non-hydrogen) atoms. The second-order valence-corrected chi connectivity index (χ2v) is 9.58. The highest BCUT2D eigenvalue weighted by Gasteiger charge is 2.24. The van der Waals surface area contributed by atoms with E-state index in [0.717, 1.165) is 0 Å². The van der Waals surface area contributed by atoms with Crippen LogP contribution in [0, 0.1) is 68.0 Å². The second kappa shape index (κ2) is 10.8.